The molecule has 7 fully saturated rings. The number of methoxy groups -OCH3 is 2. The normalized spacial score (nSPS) is 26.3. The third kappa shape index (κ3) is 22.5. The van der Waals surface area contributed by atoms with E-state index in [2.05, 4.69) is 49.5 Å². The molecule has 712 valence electrons. The fourth-order valence-electron chi connectivity index (χ4n) is 19.0. The molecule has 3 saturated heterocycles. The van der Waals surface area contributed by atoms with Gasteiger partial charge in [0.15, 0.2) is 10.3 Å². The van der Waals surface area contributed by atoms with Gasteiger partial charge in [0.25, 0.3) is 10.0 Å². The molecule has 8 amide bonds. The first-order chi connectivity index (χ1) is 63.2. The van der Waals surface area contributed by atoms with Crippen LogP contribution in [0.3, 0.4) is 0 Å². The van der Waals surface area contributed by atoms with E-state index in [0.29, 0.717) is 113 Å². The number of hydrogen-bond donors (Lipinski definition) is 10. The summed E-state index contributed by atoms with van der Waals surface area (Å²) in [5.41, 5.74) is 0.0855. The maximum Gasteiger partial charge on any atom is 0.330 e. The lowest BCUT2D eigenvalue weighted by molar-refractivity contribution is -0.146. The number of thiophene rings is 1. The minimum atomic E-state index is -3.83. The minimum Gasteiger partial charge on any atom is -0.497 e. The van der Waals surface area contributed by atoms with E-state index in [9.17, 15) is 60.6 Å². The average molecular weight is 1910 g/mol. The number of fused-ring (bicyclic) bond motifs is 6. The van der Waals surface area contributed by atoms with Gasteiger partial charge in [-0.15, -0.1) is 34.0 Å². The Morgan fingerprint density at radius 3 is 1.56 bits per heavy atom. The number of hydrogen-bond acceptors (Lipinski definition) is 25. The summed E-state index contributed by atoms with van der Waals surface area (Å²) in [7, 11) is -2.59. The molecule has 34 nitrogen and oxygen atoms in total. The average Bonchev–Trinajstić information content (AvgIpc) is 1.58. The number of anilines is 2. The Hall–Kier alpha value is -10.3. The highest BCUT2D eigenvalue weighted by molar-refractivity contribution is 7.91. The molecule has 5 aromatic heterocycles. The van der Waals surface area contributed by atoms with Crippen molar-refractivity contribution in [2.24, 2.45) is 23.2 Å². The fraction of sp³-hybridized carbons (Fsp3) is 0.570. The van der Waals surface area contributed by atoms with E-state index in [1.54, 1.807) is 68.1 Å². The smallest absolute Gasteiger partial charge is 0.330 e. The van der Waals surface area contributed by atoms with Crippen molar-refractivity contribution in [3.05, 3.63) is 101 Å². The van der Waals surface area contributed by atoms with Gasteiger partial charge in [0.2, 0.25) is 33.7 Å². The second-order valence-electron chi connectivity index (χ2n) is 37.4. The zero-order valence-electron chi connectivity index (χ0n) is 75.9. The van der Waals surface area contributed by atoms with Crippen LogP contribution in [0.15, 0.2) is 105 Å². The molecular formula is C93H122N16O18S5. The van der Waals surface area contributed by atoms with E-state index in [-0.39, 0.29) is 92.2 Å². The first-order valence-corrected chi connectivity index (χ1v) is 51.8. The van der Waals surface area contributed by atoms with Gasteiger partial charge in [-0.3, -0.25) is 19.2 Å². The van der Waals surface area contributed by atoms with Crippen LogP contribution >= 0.6 is 34.0 Å². The van der Waals surface area contributed by atoms with E-state index in [4.69, 9.17) is 38.9 Å². The van der Waals surface area contributed by atoms with E-state index in [1.165, 1.54) is 48.1 Å². The summed E-state index contributed by atoms with van der Waals surface area (Å²) in [5, 5.41) is 53.5. The number of urea groups is 2. The Bertz CT molecular complexity index is 5690. The van der Waals surface area contributed by atoms with Crippen LogP contribution in [-0.2, 0) is 48.8 Å². The van der Waals surface area contributed by atoms with E-state index in [1.807, 2.05) is 74.9 Å². The number of nitrogens with zero attached hydrogens (tertiary/aromatic N) is 8. The second-order valence-corrected chi connectivity index (χ2v) is 44.4. The molecule has 12 atom stereocenters. The summed E-state index contributed by atoms with van der Waals surface area (Å²) < 4.78 is 80.6. The van der Waals surface area contributed by atoms with Gasteiger partial charge in [-0.1, -0.05) is 82.2 Å². The van der Waals surface area contributed by atoms with Crippen LogP contribution in [0.25, 0.3) is 44.6 Å². The number of benzene rings is 2. The van der Waals surface area contributed by atoms with Crippen LogP contribution in [0.4, 0.5) is 19.9 Å². The monoisotopic (exact) mass is 1910 g/mol. The molecule has 16 rings (SSSR count). The molecule has 4 saturated carbocycles. The summed E-state index contributed by atoms with van der Waals surface area (Å²) in [4.78, 5) is 135. The predicted octanol–water partition coefficient (Wildman–Crippen LogP) is 12.3. The van der Waals surface area contributed by atoms with Gasteiger partial charge < -0.3 is 81.5 Å². The van der Waals surface area contributed by atoms with Crippen molar-refractivity contribution >= 4 is 134 Å². The Balaban J connectivity index is 0.000000203. The molecule has 10 heterocycles. The number of amides is 8. The number of likely N-dealkylation sites (N-methyl/N-ethyl adjacent to an activating group) is 1. The number of carboxylic acid groups (broad SMARTS) is 2. The highest BCUT2D eigenvalue weighted by Gasteiger charge is 2.63. The van der Waals surface area contributed by atoms with Crippen molar-refractivity contribution in [2.45, 2.75) is 258 Å². The first kappa shape index (κ1) is 96.3. The van der Waals surface area contributed by atoms with Crippen molar-refractivity contribution in [2.75, 3.05) is 70.4 Å². The lowest BCUT2D eigenvalue weighted by atomic mass is 9.70. The number of allylic oxidation sites excluding steroid dienone is 2. The van der Waals surface area contributed by atoms with E-state index >= 15 is 4.79 Å². The lowest BCUT2D eigenvalue weighted by Gasteiger charge is -2.42. The van der Waals surface area contributed by atoms with Crippen molar-refractivity contribution < 1.29 is 84.4 Å². The molecule has 0 spiro atoms. The molecule has 2 aromatic carbocycles. The number of aromatic nitrogens is 4. The van der Waals surface area contributed by atoms with E-state index in [0.717, 1.165) is 98.6 Å². The number of carboxylic acids is 2. The standard InChI is InChI=1S/C49H64N8O9S3.C44H58N8O9S2/c1-30(2)50-47-53-38(29-68-47)37-25-40(34-19-18-32(65-5)23-36(34)51-37)66-33-24-39-43(58)55-49(45(60)61)26-31(49)15-10-7-6-8-11-16-35(44(59)57(39)27-33)52-46(62)54-41(48(3)20-12-9-13-21-48)28-56(4)69(63,64)42-17-14-22-67-42;1-26(2)45-43-49-36(25-62-43)34-21-38(31-16-15-29(60-3)19-33(31)46-34)61-30-20-37-39(53)50-44(41(55)56)22-28(44)11-7-5-4-6-8-12-32(40(54)52(37)23-30)47-42(57)48-35(27-13-14-27)24-51-17-9-10-18-63(51,58)59/h10,14-15,17-19,22-23,25,29-31,33,35,39,41H,6-9,11-13,16,20-21,24,26-28H2,1-5H3,(H,50,53)(H,55,58)(H,60,61)(H2,52,54,62);7,11,15-16,19,21,25-28,30,32,35,37H,4-6,8-10,12-14,17-18,20,22-24H2,1-3H3,(H,45,49)(H,50,53)(H,55,56)(H2,47,48,57)/b15-10-;11-7-/t31?,33-,35+,39+,41-,49-;28?,30-,32+,35-,37+,44-/m11/s1. The van der Waals surface area contributed by atoms with Gasteiger partial charge in [-0.25, -0.2) is 55.9 Å². The number of ether oxygens (including phenoxy) is 4. The molecule has 2 unspecified atom stereocenters. The summed E-state index contributed by atoms with van der Waals surface area (Å²) >= 11 is 4.04. The molecule has 0 bridgehead atoms. The number of pyridine rings is 2. The maximum atomic E-state index is 15.1. The zero-order valence-corrected chi connectivity index (χ0v) is 80.0. The molecule has 9 aliphatic rings. The van der Waals surface area contributed by atoms with Crippen molar-refractivity contribution in [3.63, 3.8) is 0 Å². The quantitative estimate of drug-likeness (QED) is 0.0225. The molecule has 0 radical (unpaired) electrons. The molecule has 10 N–H and O–H groups in total. The summed E-state index contributed by atoms with van der Waals surface area (Å²) in [6.07, 6.45) is 20.5. The van der Waals surface area contributed by atoms with Crippen molar-refractivity contribution in [1.29, 1.82) is 0 Å². The van der Waals surface area contributed by atoms with Gasteiger partial charge in [-0.05, 0) is 165 Å². The molecule has 7 aromatic rings. The van der Waals surface area contributed by atoms with Crippen molar-refractivity contribution in [1.82, 2.24) is 70.2 Å². The van der Waals surface area contributed by atoms with E-state index < -0.39 is 139 Å². The fourth-order valence-corrected chi connectivity index (χ4v) is 24.7. The summed E-state index contributed by atoms with van der Waals surface area (Å²) in [6, 6.07) is 11.5. The molecule has 4 aliphatic carbocycles. The van der Waals surface area contributed by atoms with Gasteiger partial charge in [0.05, 0.1) is 55.5 Å². The maximum absolute atomic E-state index is 15.1. The Morgan fingerprint density at radius 1 is 0.614 bits per heavy atom. The third-order valence-electron chi connectivity index (χ3n) is 26.9. The number of rotatable bonds is 26. The number of carbonyl (C=O) groups is 8. The van der Waals surface area contributed by atoms with Gasteiger partial charge in [0, 0.05) is 121 Å². The SMILES string of the molecule is COc1ccc2c(O[C@@H]3C[C@H]4C(=O)N[C@]5(C(=O)O)CC5/C=C\CCCCC[C@H](NC(=O)N[C@H](CN(C)S(=O)(=O)c5cccs5)C5(C)CCCCC5)C(=O)N4C3)cc(-c3csc(NC(C)C)n3)nc2c1.COc1ccc2c(O[C@@H]3C[C@H]4C(=O)N[C@]5(C(=O)O)CC5/C=C\CCCCC[C@H](NC(=O)N[C@H](CN5CCCCS5(=O)=O)C5CC5)C(=O)N4C3)cc(-c3csc(NC(C)C)n3)nc2c1. The third-order valence-corrected chi connectivity index (χ3v) is 33.5. The topological polar surface area (TPSA) is 443 Å². The summed E-state index contributed by atoms with van der Waals surface area (Å²) in [6.45, 7) is 10.7. The molecule has 39 heteroatoms. The Labute approximate surface area is 781 Å². The van der Waals surface area contributed by atoms with Gasteiger partial charge in [0.1, 0.15) is 86.0 Å². The lowest BCUT2D eigenvalue weighted by Crippen LogP contribution is -2.60. The molecule has 132 heavy (non-hydrogen) atoms. The number of sulfonamides is 2. The highest BCUT2D eigenvalue weighted by Crippen LogP contribution is 2.49. The predicted molar refractivity (Wildman–Crippen MR) is 504 cm³/mol. The first-order valence-electron chi connectivity index (χ1n) is 46.1. The minimum absolute atomic E-state index is 0.0205. The second kappa shape index (κ2) is 41.3. The van der Waals surface area contributed by atoms with Crippen LogP contribution in [0.1, 0.15) is 182 Å². The molecule has 5 aliphatic heterocycles. The van der Waals surface area contributed by atoms with Gasteiger partial charge >= 0.3 is 24.0 Å². The number of aliphatic carboxylic acids is 2. The van der Waals surface area contributed by atoms with Crippen LogP contribution < -0.4 is 61.5 Å². The number of nitrogens with one attached hydrogen (secondary N) is 8. The number of thiazole rings is 2. The molecular weight excluding hydrogens is 1790 g/mol. The van der Waals surface area contributed by atoms with Crippen LogP contribution in [-0.4, -0.2) is 244 Å². The highest BCUT2D eigenvalue weighted by atomic mass is 32.2. The Kier molecular flexibility index (Phi) is 30.1. The largest absolute Gasteiger partial charge is 0.497 e. The van der Waals surface area contributed by atoms with Crippen LogP contribution in [0.5, 0.6) is 23.0 Å². The number of carbonyl (C=O) groups excluding carboxylic acids is 6. The summed E-state index contributed by atoms with van der Waals surface area (Å²) in [5.74, 6) is -3.01. The zero-order chi connectivity index (χ0) is 93.6. The van der Waals surface area contributed by atoms with Gasteiger partial charge in [-0.2, -0.15) is 8.61 Å². The van der Waals surface area contributed by atoms with Crippen LogP contribution in [0.2, 0.25) is 0 Å². The van der Waals surface area contributed by atoms with Crippen LogP contribution in [0, 0.1) is 23.2 Å². The Morgan fingerprint density at radius 2 is 1.11 bits per heavy atom. The van der Waals surface area contributed by atoms with Crippen molar-refractivity contribution in [3.8, 4) is 45.8 Å².